The van der Waals surface area contributed by atoms with Crippen molar-refractivity contribution >= 4 is 11.0 Å². The van der Waals surface area contributed by atoms with Gasteiger partial charge in [0.15, 0.2) is 0 Å². The molecule has 2 aromatic heterocycles. The molecular formula is C17H21N5. The number of aromatic nitrogens is 4. The lowest BCUT2D eigenvalue weighted by Crippen LogP contribution is -2.33. The largest absolute Gasteiger partial charge is 0.348 e. The van der Waals surface area contributed by atoms with Crippen LogP contribution in [0.1, 0.15) is 36.0 Å². The van der Waals surface area contributed by atoms with Crippen LogP contribution in [0.2, 0.25) is 0 Å². The van der Waals surface area contributed by atoms with Gasteiger partial charge in [-0.2, -0.15) is 0 Å². The minimum Gasteiger partial charge on any atom is -0.348 e. The van der Waals surface area contributed by atoms with Crippen molar-refractivity contribution in [3.05, 3.63) is 47.8 Å². The number of hydrogen-bond donors (Lipinski definition) is 2. The Labute approximate surface area is 129 Å². The van der Waals surface area contributed by atoms with Gasteiger partial charge < -0.3 is 9.97 Å². The van der Waals surface area contributed by atoms with Gasteiger partial charge in [-0.15, -0.1) is 0 Å². The van der Waals surface area contributed by atoms with Crippen LogP contribution in [0.5, 0.6) is 0 Å². The summed E-state index contributed by atoms with van der Waals surface area (Å²) in [6, 6.07) is 6.33. The first kappa shape index (κ1) is 13.5. The number of rotatable bonds is 3. The van der Waals surface area contributed by atoms with Gasteiger partial charge in [-0.05, 0) is 44.5 Å². The maximum absolute atomic E-state index is 4.84. The van der Waals surface area contributed by atoms with Crippen molar-refractivity contribution in [2.45, 2.75) is 32.2 Å². The molecule has 22 heavy (non-hydrogen) atoms. The third kappa shape index (κ3) is 2.52. The third-order valence-corrected chi connectivity index (χ3v) is 4.64. The van der Waals surface area contributed by atoms with E-state index in [-0.39, 0.29) is 0 Å². The summed E-state index contributed by atoms with van der Waals surface area (Å²) in [6.45, 7) is 5.24. The lowest BCUT2D eigenvalue weighted by Gasteiger charge is -2.30. The zero-order chi connectivity index (χ0) is 14.9. The van der Waals surface area contributed by atoms with Crippen molar-refractivity contribution in [1.82, 2.24) is 24.8 Å². The molecule has 4 rings (SSSR count). The summed E-state index contributed by atoms with van der Waals surface area (Å²) in [7, 11) is 0. The molecule has 0 amide bonds. The number of hydrogen-bond acceptors (Lipinski definition) is 3. The fourth-order valence-electron chi connectivity index (χ4n) is 3.35. The second-order valence-electron chi connectivity index (χ2n) is 6.18. The zero-order valence-electron chi connectivity index (χ0n) is 12.8. The minimum atomic E-state index is 0.541. The number of aryl methyl sites for hydroxylation is 1. The molecule has 3 aromatic rings. The van der Waals surface area contributed by atoms with Crippen molar-refractivity contribution in [2.75, 3.05) is 13.1 Å². The molecule has 0 radical (unpaired) electrons. The lowest BCUT2D eigenvalue weighted by molar-refractivity contribution is 0.198. The molecule has 1 saturated heterocycles. The lowest BCUT2D eigenvalue weighted by atomic mass is 9.96. The van der Waals surface area contributed by atoms with E-state index in [1.165, 1.54) is 5.56 Å². The Morgan fingerprint density at radius 1 is 1.27 bits per heavy atom. The molecule has 0 unspecified atom stereocenters. The molecule has 0 atom stereocenters. The van der Waals surface area contributed by atoms with Crippen LogP contribution in [0.4, 0.5) is 0 Å². The predicted molar refractivity (Wildman–Crippen MR) is 86.7 cm³/mol. The molecule has 114 valence electrons. The second-order valence-corrected chi connectivity index (χ2v) is 6.18. The minimum absolute atomic E-state index is 0.541. The van der Waals surface area contributed by atoms with Gasteiger partial charge in [-0.3, -0.25) is 4.90 Å². The molecule has 0 aliphatic carbocycles. The average Bonchev–Trinajstić information content (AvgIpc) is 3.18. The van der Waals surface area contributed by atoms with Crippen LogP contribution in [0.15, 0.2) is 30.6 Å². The maximum Gasteiger partial charge on any atom is 0.120 e. The van der Waals surface area contributed by atoms with Crippen molar-refractivity contribution in [3.8, 4) is 0 Å². The highest BCUT2D eigenvalue weighted by molar-refractivity contribution is 5.78. The quantitative estimate of drug-likeness (QED) is 0.781. The van der Waals surface area contributed by atoms with E-state index in [9.17, 15) is 0 Å². The summed E-state index contributed by atoms with van der Waals surface area (Å²) < 4.78 is 0. The molecule has 1 aromatic carbocycles. The Balaban J connectivity index is 1.45. The molecule has 1 fully saturated rings. The van der Waals surface area contributed by atoms with Crippen LogP contribution < -0.4 is 0 Å². The summed E-state index contributed by atoms with van der Waals surface area (Å²) in [4.78, 5) is 18.3. The molecule has 0 bridgehead atoms. The second kappa shape index (κ2) is 5.57. The first-order chi connectivity index (χ1) is 10.8. The number of benzene rings is 1. The van der Waals surface area contributed by atoms with E-state index in [0.29, 0.717) is 5.92 Å². The van der Waals surface area contributed by atoms with Crippen LogP contribution in [-0.2, 0) is 6.54 Å². The average molecular weight is 295 g/mol. The molecule has 0 saturated carbocycles. The van der Waals surface area contributed by atoms with Gasteiger partial charge >= 0.3 is 0 Å². The molecular weight excluding hydrogens is 274 g/mol. The summed E-state index contributed by atoms with van der Waals surface area (Å²) in [5, 5.41) is 0. The van der Waals surface area contributed by atoms with Gasteiger partial charge in [0.1, 0.15) is 11.6 Å². The first-order valence-corrected chi connectivity index (χ1v) is 7.95. The number of H-pyrrole nitrogens is 2. The Kier molecular flexibility index (Phi) is 3.42. The Morgan fingerprint density at radius 3 is 2.86 bits per heavy atom. The molecule has 5 heteroatoms. The molecule has 0 spiro atoms. The molecule has 1 aliphatic heterocycles. The van der Waals surface area contributed by atoms with Gasteiger partial charge in [0, 0.05) is 18.3 Å². The van der Waals surface area contributed by atoms with E-state index in [2.05, 4.69) is 45.0 Å². The molecule has 3 heterocycles. The number of fused-ring (bicyclic) bond motifs is 1. The molecule has 2 N–H and O–H groups in total. The number of likely N-dealkylation sites (tertiary alicyclic amines) is 1. The van der Waals surface area contributed by atoms with E-state index in [1.807, 2.05) is 12.4 Å². The highest BCUT2D eigenvalue weighted by Crippen LogP contribution is 2.28. The van der Waals surface area contributed by atoms with Gasteiger partial charge in [0.05, 0.1) is 17.6 Å². The number of nitrogens with zero attached hydrogens (tertiary/aromatic N) is 3. The Morgan fingerprint density at radius 2 is 2.14 bits per heavy atom. The number of imidazole rings is 2. The summed E-state index contributed by atoms with van der Waals surface area (Å²) in [5.41, 5.74) is 3.53. The number of aromatic amines is 2. The van der Waals surface area contributed by atoms with Crippen LogP contribution in [-0.4, -0.2) is 37.9 Å². The van der Waals surface area contributed by atoms with E-state index >= 15 is 0 Å². The van der Waals surface area contributed by atoms with Crippen molar-refractivity contribution in [2.24, 2.45) is 0 Å². The Hall–Kier alpha value is -2.14. The van der Waals surface area contributed by atoms with Crippen LogP contribution in [0, 0.1) is 6.92 Å². The van der Waals surface area contributed by atoms with Gasteiger partial charge in [0.25, 0.3) is 0 Å². The van der Waals surface area contributed by atoms with E-state index < -0.39 is 0 Å². The third-order valence-electron chi connectivity index (χ3n) is 4.64. The normalized spacial score (nSPS) is 17.3. The van der Waals surface area contributed by atoms with Crippen molar-refractivity contribution < 1.29 is 0 Å². The maximum atomic E-state index is 4.84. The SMILES string of the molecule is Cc1cccc2[nH]c(C3CCN(Cc4ncc[nH]4)CC3)nc12. The Bertz CT molecular complexity index is 751. The zero-order valence-corrected chi connectivity index (χ0v) is 12.8. The number of piperidine rings is 1. The standard InChI is InChI=1S/C17H21N5/c1-12-3-2-4-14-16(12)21-17(20-14)13-5-9-22(10-6-13)11-15-18-7-8-19-15/h2-4,7-8,13H,5-6,9-11H2,1H3,(H,18,19)(H,20,21). The number of nitrogens with one attached hydrogen (secondary N) is 2. The van der Waals surface area contributed by atoms with Crippen molar-refractivity contribution in [3.63, 3.8) is 0 Å². The van der Waals surface area contributed by atoms with Crippen molar-refractivity contribution in [1.29, 1.82) is 0 Å². The van der Waals surface area contributed by atoms with E-state index in [1.54, 1.807) is 0 Å². The smallest absolute Gasteiger partial charge is 0.120 e. The van der Waals surface area contributed by atoms with E-state index in [0.717, 1.165) is 55.2 Å². The summed E-state index contributed by atoms with van der Waals surface area (Å²) >= 11 is 0. The highest BCUT2D eigenvalue weighted by atomic mass is 15.2. The number of para-hydroxylation sites is 1. The summed E-state index contributed by atoms with van der Waals surface area (Å²) in [6.07, 6.45) is 6.01. The van der Waals surface area contributed by atoms with Gasteiger partial charge in [-0.1, -0.05) is 12.1 Å². The van der Waals surface area contributed by atoms with Gasteiger partial charge in [-0.25, -0.2) is 9.97 Å². The monoisotopic (exact) mass is 295 g/mol. The van der Waals surface area contributed by atoms with Gasteiger partial charge in [0.2, 0.25) is 0 Å². The van der Waals surface area contributed by atoms with E-state index in [4.69, 9.17) is 4.98 Å². The topological polar surface area (TPSA) is 60.6 Å². The highest BCUT2D eigenvalue weighted by Gasteiger charge is 2.23. The predicted octanol–water partition coefficient (Wildman–Crippen LogP) is 2.97. The summed E-state index contributed by atoms with van der Waals surface area (Å²) in [5.74, 6) is 2.75. The van der Waals surface area contributed by atoms with Crippen LogP contribution in [0.25, 0.3) is 11.0 Å². The van der Waals surface area contributed by atoms with Crippen LogP contribution >= 0.6 is 0 Å². The molecule has 1 aliphatic rings. The molecule has 5 nitrogen and oxygen atoms in total. The first-order valence-electron chi connectivity index (χ1n) is 7.95. The van der Waals surface area contributed by atoms with Crippen LogP contribution in [0.3, 0.4) is 0 Å². The fraction of sp³-hybridized carbons (Fsp3) is 0.412. The fourth-order valence-corrected chi connectivity index (χ4v) is 3.35.